The number of H-pyrrole nitrogens is 1. The number of allylic oxidation sites excluding steroid dienone is 1. The summed E-state index contributed by atoms with van der Waals surface area (Å²) >= 11 is 0. The summed E-state index contributed by atoms with van der Waals surface area (Å²) in [5.41, 5.74) is 9.20. The lowest BCUT2D eigenvalue weighted by atomic mass is 10.1. The van der Waals surface area contributed by atoms with Crippen molar-refractivity contribution < 1.29 is 9.73 Å². The van der Waals surface area contributed by atoms with E-state index in [9.17, 15) is 5.26 Å². The quantitative estimate of drug-likeness (QED) is 0.476. The van der Waals surface area contributed by atoms with E-state index in [2.05, 4.69) is 31.3 Å². The molecule has 0 aromatic carbocycles. The van der Waals surface area contributed by atoms with Gasteiger partial charge in [0.05, 0.1) is 22.7 Å². The zero-order chi connectivity index (χ0) is 18.8. The number of aromatic amines is 1. The van der Waals surface area contributed by atoms with Crippen molar-refractivity contribution in [2.24, 2.45) is 5.73 Å². The molecule has 3 aromatic heterocycles. The number of hydrogen-bond acceptors (Lipinski definition) is 6. The van der Waals surface area contributed by atoms with Gasteiger partial charge in [-0.15, -0.1) is 0 Å². The predicted molar refractivity (Wildman–Crippen MR) is 103 cm³/mol. The Hall–Kier alpha value is -3.44. The summed E-state index contributed by atoms with van der Waals surface area (Å²) in [4.78, 5) is 15.0. The highest BCUT2D eigenvalue weighted by molar-refractivity contribution is 6.13. The molecular formula is C19H20N7O+. The lowest BCUT2D eigenvalue weighted by molar-refractivity contribution is -0.412. The summed E-state index contributed by atoms with van der Waals surface area (Å²) in [6.07, 6.45) is 7.64. The van der Waals surface area contributed by atoms with Gasteiger partial charge in [0.2, 0.25) is 0 Å². The van der Waals surface area contributed by atoms with Crippen LogP contribution in [0.1, 0.15) is 17.7 Å². The third-order valence-corrected chi connectivity index (χ3v) is 4.66. The smallest absolute Gasteiger partial charge is 0.183 e. The first-order valence-corrected chi connectivity index (χ1v) is 8.75. The molecule has 1 saturated heterocycles. The summed E-state index contributed by atoms with van der Waals surface area (Å²) < 4.78 is 6.20. The van der Waals surface area contributed by atoms with E-state index in [1.807, 2.05) is 19.3 Å². The van der Waals surface area contributed by atoms with E-state index in [0.29, 0.717) is 11.4 Å². The van der Waals surface area contributed by atoms with Gasteiger partial charge in [-0.25, -0.2) is 9.97 Å². The standard InChI is InChI=1S/C19H19N7O/c1-22-7-12(5-20)11-4-14-17-16(26-19(14)25-8-11)10-24-15(6-21)18(17)27-13-2-3-23-9-13/h4-5,7-8,10,13,23H,2-3,9,20H2,1H3,(H,25,26)/p+1. The molecule has 5 N–H and O–H groups in total. The van der Waals surface area contributed by atoms with Crippen LogP contribution < -0.4 is 20.8 Å². The third-order valence-electron chi connectivity index (χ3n) is 4.66. The molecule has 1 fully saturated rings. The van der Waals surface area contributed by atoms with Gasteiger partial charge in [-0.3, -0.25) is 4.99 Å². The number of fused-ring (bicyclic) bond motifs is 3. The maximum atomic E-state index is 9.54. The van der Waals surface area contributed by atoms with Gasteiger partial charge >= 0.3 is 0 Å². The predicted octanol–water partition coefficient (Wildman–Crippen LogP) is -0.196. The van der Waals surface area contributed by atoms with E-state index < -0.39 is 0 Å². The second-order valence-corrected chi connectivity index (χ2v) is 6.37. The Labute approximate surface area is 155 Å². The molecule has 27 heavy (non-hydrogen) atoms. The summed E-state index contributed by atoms with van der Waals surface area (Å²) in [6, 6.07) is 4.14. The minimum Gasteiger partial charge on any atom is -0.485 e. The fourth-order valence-electron chi connectivity index (χ4n) is 3.37. The van der Waals surface area contributed by atoms with E-state index in [-0.39, 0.29) is 11.8 Å². The van der Waals surface area contributed by atoms with Crippen LogP contribution in [0.3, 0.4) is 0 Å². The SMILES string of the molecule is C[NH+]=CC(=CN)c1cnc2[nH]c3cnc(C#N)c(OC4CCNC4)c3c2c1. The van der Waals surface area contributed by atoms with E-state index in [0.717, 1.165) is 46.9 Å². The van der Waals surface area contributed by atoms with Gasteiger partial charge in [-0.1, -0.05) is 0 Å². The maximum Gasteiger partial charge on any atom is 0.183 e. The summed E-state index contributed by atoms with van der Waals surface area (Å²) in [5.74, 6) is 0.504. The van der Waals surface area contributed by atoms with Crippen molar-refractivity contribution in [2.75, 3.05) is 20.1 Å². The van der Waals surface area contributed by atoms with Crippen molar-refractivity contribution in [3.8, 4) is 11.8 Å². The number of nitrogens with one attached hydrogen (secondary N) is 3. The molecule has 0 saturated carbocycles. The van der Waals surface area contributed by atoms with Crippen molar-refractivity contribution in [1.29, 1.82) is 5.26 Å². The van der Waals surface area contributed by atoms with Crippen LogP contribution in [0.2, 0.25) is 0 Å². The molecule has 1 atom stereocenters. The molecule has 0 spiro atoms. The van der Waals surface area contributed by atoms with Gasteiger partial charge in [0.1, 0.15) is 24.9 Å². The molecule has 8 nitrogen and oxygen atoms in total. The largest absolute Gasteiger partial charge is 0.485 e. The maximum absolute atomic E-state index is 9.54. The molecule has 4 rings (SSSR count). The number of pyridine rings is 2. The fraction of sp³-hybridized carbons (Fsp3) is 0.263. The van der Waals surface area contributed by atoms with Crippen molar-refractivity contribution >= 4 is 33.7 Å². The molecule has 1 aliphatic rings. The van der Waals surface area contributed by atoms with Crippen molar-refractivity contribution in [2.45, 2.75) is 12.5 Å². The first-order valence-electron chi connectivity index (χ1n) is 8.75. The summed E-state index contributed by atoms with van der Waals surface area (Å²) in [5, 5.41) is 14.5. The van der Waals surface area contributed by atoms with Gasteiger partial charge in [0, 0.05) is 29.9 Å². The van der Waals surface area contributed by atoms with Crippen LogP contribution in [0, 0.1) is 11.3 Å². The Morgan fingerprint density at radius 3 is 3.04 bits per heavy atom. The second-order valence-electron chi connectivity index (χ2n) is 6.37. The molecule has 1 aliphatic heterocycles. The number of nitrogens with two attached hydrogens (primary N) is 1. The molecule has 136 valence electrons. The van der Waals surface area contributed by atoms with Gasteiger partial charge in [-0.05, 0) is 19.0 Å². The molecular weight excluding hydrogens is 342 g/mol. The highest BCUT2D eigenvalue weighted by atomic mass is 16.5. The Balaban J connectivity index is 1.94. The van der Waals surface area contributed by atoms with Crippen LogP contribution in [0.4, 0.5) is 0 Å². The highest BCUT2D eigenvalue weighted by Crippen LogP contribution is 2.35. The zero-order valence-electron chi connectivity index (χ0n) is 14.9. The average molecular weight is 362 g/mol. The Kier molecular flexibility index (Phi) is 4.44. The molecule has 4 heterocycles. The molecule has 0 aliphatic carbocycles. The van der Waals surface area contributed by atoms with Crippen molar-refractivity contribution in [3.63, 3.8) is 0 Å². The van der Waals surface area contributed by atoms with E-state index in [4.69, 9.17) is 10.5 Å². The average Bonchev–Trinajstić information content (AvgIpc) is 3.33. The molecule has 0 amide bonds. The van der Waals surface area contributed by atoms with Crippen LogP contribution in [-0.2, 0) is 0 Å². The Morgan fingerprint density at radius 2 is 2.33 bits per heavy atom. The Morgan fingerprint density at radius 1 is 1.44 bits per heavy atom. The first kappa shape index (κ1) is 17.0. The molecule has 8 heteroatoms. The normalized spacial score (nSPS) is 17.8. The van der Waals surface area contributed by atoms with Crippen LogP contribution in [0.25, 0.3) is 27.5 Å². The van der Waals surface area contributed by atoms with Crippen molar-refractivity contribution in [1.82, 2.24) is 20.3 Å². The van der Waals surface area contributed by atoms with E-state index in [1.54, 1.807) is 12.4 Å². The zero-order valence-corrected chi connectivity index (χ0v) is 14.9. The number of nitrogens with zero attached hydrogens (tertiary/aromatic N) is 3. The van der Waals surface area contributed by atoms with Crippen molar-refractivity contribution in [3.05, 3.63) is 35.9 Å². The van der Waals surface area contributed by atoms with E-state index in [1.165, 1.54) is 6.20 Å². The van der Waals surface area contributed by atoms with Gasteiger partial charge in [-0.2, -0.15) is 5.26 Å². The minimum atomic E-state index is 0.0164. The molecule has 0 radical (unpaired) electrons. The lowest BCUT2D eigenvalue weighted by Gasteiger charge is -2.14. The molecule has 3 aromatic rings. The van der Waals surface area contributed by atoms with Gasteiger partial charge < -0.3 is 20.8 Å². The summed E-state index contributed by atoms with van der Waals surface area (Å²) in [7, 11) is 1.81. The first-order chi connectivity index (χ1) is 13.2. The number of nitriles is 1. The highest BCUT2D eigenvalue weighted by Gasteiger charge is 2.22. The monoisotopic (exact) mass is 362 g/mol. The fourth-order valence-corrected chi connectivity index (χ4v) is 3.37. The topological polar surface area (TPSA) is 127 Å². The second kappa shape index (κ2) is 7.05. The van der Waals surface area contributed by atoms with Crippen LogP contribution in [-0.4, -0.2) is 47.4 Å². The number of hydrogen-bond donors (Lipinski definition) is 4. The van der Waals surface area contributed by atoms with Crippen LogP contribution in [0.5, 0.6) is 5.75 Å². The Bertz CT molecular complexity index is 1100. The van der Waals surface area contributed by atoms with Gasteiger partial charge in [0.25, 0.3) is 0 Å². The number of aromatic nitrogens is 3. The van der Waals surface area contributed by atoms with Gasteiger partial charge in [0.15, 0.2) is 17.7 Å². The lowest BCUT2D eigenvalue weighted by Crippen LogP contribution is -2.63. The van der Waals surface area contributed by atoms with E-state index >= 15 is 0 Å². The molecule has 0 bridgehead atoms. The molecule has 1 unspecified atom stereocenters. The minimum absolute atomic E-state index is 0.0164. The van der Waals surface area contributed by atoms with Crippen LogP contribution >= 0.6 is 0 Å². The van der Waals surface area contributed by atoms with Crippen LogP contribution in [0.15, 0.2) is 24.7 Å². The number of ether oxygens (including phenoxy) is 1. The summed E-state index contributed by atoms with van der Waals surface area (Å²) in [6.45, 7) is 1.66. The number of rotatable bonds is 4. The third kappa shape index (κ3) is 2.98.